The molecule has 0 bridgehead atoms. The highest BCUT2D eigenvalue weighted by Gasteiger charge is 2.21. The SMILES string of the molecule is Cc1cc2c(cc1S(=O)(=O)Nc1nc(-c3ccccc3)cs1)oc(=O)n2C. The van der Waals surface area contributed by atoms with E-state index in [0.29, 0.717) is 16.8 Å². The number of oxazole rings is 1. The minimum atomic E-state index is -3.88. The lowest BCUT2D eigenvalue weighted by molar-refractivity contribution is 0.527. The molecule has 0 aliphatic carbocycles. The van der Waals surface area contributed by atoms with Gasteiger partial charge in [0.05, 0.1) is 16.1 Å². The van der Waals surface area contributed by atoms with Crippen molar-refractivity contribution < 1.29 is 12.8 Å². The van der Waals surface area contributed by atoms with Crippen molar-refractivity contribution in [2.75, 3.05) is 4.72 Å². The summed E-state index contributed by atoms with van der Waals surface area (Å²) in [5, 5.41) is 2.06. The Balaban J connectivity index is 1.70. The summed E-state index contributed by atoms with van der Waals surface area (Å²) in [4.78, 5) is 16.1. The summed E-state index contributed by atoms with van der Waals surface area (Å²) >= 11 is 1.20. The molecule has 138 valence electrons. The Morgan fingerprint density at radius 1 is 1.19 bits per heavy atom. The van der Waals surface area contributed by atoms with Crippen LogP contribution in [-0.2, 0) is 17.1 Å². The first kappa shape index (κ1) is 17.5. The predicted octanol–water partition coefficient (Wildman–Crippen LogP) is 3.36. The number of anilines is 1. The number of sulfonamides is 1. The maximum Gasteiger partial charge on any atom is 0.419 e. The number of nitrogens with zero attached hydrogens (tertiary/aromatic N) is 2. The fourth-order valence-corrected chi connectivity index (χ4v) is 5.00. The van der Waals surface area contributed by atoms with Crippen LogP contribution in [0.3, 0.4) is 0 Å². The summed E-state index contributed by atoms with van der Waals surface area (Å²) in [5.74, 6) is -0.542. The predicted molar refractivity (Wildman–Crippen MR) is 105 cm³/mol. The Hall–Kier alpha value is -2.91. The summed E-state index contributed by atoms with van der Waals surface area (Å²) in [7, 11) is -2.31. The summed E-state index contributed by atoms with van der Waals surface area (Å²) < 4.78 is 34.6. The second kappa shape index (κ2) is 6.36. The first-order valence-electron chi connectivity index (χ1n) is 7.99. The molecule has 0 aliphatic heterocycles. The minimum Gasteiger partial charge on any atom is -0.408 e. The van der Waals surface area contributed by atoms with Crippen LogP contribution in [0.4, 0.5) is 5.13 Å². The summed E-state index contributed by atoms with van der Waals surface area (Å²) in [6, 6.07) is 12.5. The van der Waals surface area contributed by atoms with Crippen molar-refractivity contribution in [1.82, 2.24) is 9.55 Å². The molecule has 4 rings (SSSR count). The van der Waals surface area contributed by atoms with Crippen LogP contribution in [-0.4, -0.2) is 18.0 Å². The van der Waals surface area contributed by atoms with Crippen LogP contribution in [0.5, 0.6) is 0 Å². The fourth-order valence-electron chi connectivity index (χ4n) is 2.78. The van der Waals surface area contributed by atoms with Gasteiger partial charge in [0.2, 0.25) is 0 Å². The van der Waals surface area contributed by atoms with Gasteiger partial charge in [0.1, 0.15) is 0 Å². The molecule has 0 saturated heterocycles. The first-order chi connectivity index (χ1) is 12.8. The van der Waals surface area contributed by atoms with E-state index in [1.54, 1.807) is 25.4 Å². The van der Waals surface area contributed by atoms with E-state index in [9.17, 15) is 13.2 Å². The molecular weight excluding hydrogens is 386 g/mol. The van der Waals surface area contributed by atoms with Gasteiger partial charge in [-0.05, 0) is 18.6 Å². The van der Waals surface area contributed by atoms with Gasteiger partial charge in [-0.15, -0.1) is 11.3 Å². The molecule has 2 aromatic carbocycles. The van der Waals surface area contributed by atoms with E-state index in [4.69, 9.17) is 4.42 Å². The molecule has 0 radical (unpaired) electrons. The summed E-state index contributed by atoms with van der Waals surface area (Å²) in [6.45, 7) is 1.67. The Bertz CT molecular complexity index is 1300. The topological polar surface area (TPSA) is 94.2 Å². The number of benzene rings is 2. The molecule has 4 aromatic rings. The van der Waals surface area contributed by atoms with Crippen LogP contribution in [0.1, 0.15) is 5.56 Å². The zero-order valence-electron chi connectivity index (χ0n) is 14.5. The molecule has 9 heteroatoms. The number of hydrogen-bond acceptors (Lipinski definition) is 6. The van der Waals surface area contributed by atoms with Gasteiger partial charge in [0.15, 0.2) is 10.7 Å². The number of nitrogens with one attached hydrogen (secondary N) is 1. The van der Waals surface area contributed by atoms with Gasteiger partial charge in [0.25, 0.3) is 10.0 Å². The molecule has 2 aromatic heterocycles. The molecule has 0 fully saturated rings. The fraction of sp³-hybridized carbons (Fsp3) is 0.111. The van der Waals surface area contributed by atoms with Crippen molar-refractivity contribution in [1.29, 1.82) is 0 Å². The molecule has 1 N–H and O–H groups in total. The van der Waals surface area contributed by atoms with Crippen molar-refractivity contribution in [2.45, 2.75) is 11.8 Å². The molecule has 2 heterocycles. The van der Waals surface area contributed by atoms with E-state index in [2.05, 4.69) is 9.71 Å². The van der Waals surface area contributed by atoms with Crippen LogP contribution < -0.4 is 10.5 Å². The summed E-state index contributed by atoms with van der Waals surface area (Å²) in [6.07, 6.45) is 0. The van der Waals surface area contributed by atoms with Gasteiger partial charge in [0, 0.05) is 24.1 Å². The highest BCUT2D eigenvalue weighted by Crippen LogP contribution is 2.28. The third kappa shape index (κ3) is 3.15. The van der Waals surface area contributed by atoms with Crippen LogP contribution in [0.2, 0.25) is 0 Å². The average Bonchev–Trinajstić information content (AvgIpc) is 3.20. The largest absolute Gasteiger partial charge is 0.419 e. The number of aromatic nitrogens is 2. The smallest absolute Gasteiger partial charge is 0.408 e. The number of fused-ring (bicyclic) bond motifs is 1. The van der Waals surface area contributed by atoms with Crippen LogP contribution in [0, 0.1) is 6.92 Å². The average molecular weight is 401 g/mol. The maximum absolute atomic E-state index is 12.8. The molecule has 0 spiro atoms. The van der Waals surface area contributed by atoms with Crippen molar-refractivity contribution >= 4 is 37.6 Å². The molecular formula is C18H15N3O4S2. The molecule has 0 aliphatic rings. The molecule has 0 atom stereocenters. The summed E-state index contributed by atoms with van der Waals surface area (Å²) in [5.41, 5.74) is 2.86. The van der Waals surface area contributed by atoms with Gasteiger partial charge in [-0.1, -0.05) is 30.3 Å². The molecule has 7 nitrogen and oxygen atoms in total. The Labute approximate surface area is 159 Å². The lowest BCUT2D eigenvalue weighted by Gasteiger charge is -2.08. The van der Waals surface area contributed by atoms with E-state index in [1.165, 1.54) is 22.0 Å². The molecule has 0 saturated carbocycles. The van der Waals surface area contributed by atoms with Gasteiger partial charge >= 0.3 is 5.76 Å². The Kier molecular flexibility index (Phi) is 4.12. The van der Waals surface area contributed by atoms with Gasteiger partial charge < -0.3 is 4.42 Å². The highest BCUT2D eigenvalue weighted by atomic mass is 32.2. The standard InChI is InChI=1S/C18H15N3O4S2/c1-11-8-14-15(25-18(22)21(14)2)9-16(11)27(23,24)20-17-19-13(10-26-17)12-6-4-3-5-7-12/h3-10H,1-2H3,(H,19,20). The second-order valence-electron chi connectivity index (χ2n) is 6.02. The number of hydrogen-bond donors (Lipinski definition) is 1. The maximum atomic E-state index is 12.8. The quantitative estimate of drug-likeness (QED) is 0.566. The van der Waals surface area contributed by atoms with E-state index in [-0.39, 0.29) is 15.6 Å². The Morgan fingerprint density at radius 2 is 1.93 bits per heavy atom. The van der Waals surface area contributed by atoms with E-state index in [1.807, 2.05) is 30.3 Å². The van der Waals surface area contributed by atoms with Crippen LogP contribution in [0.15, 0.2) is 62.0 Å². The Morgan fingerprint density at radius 3 is 2.67 bits per heavy atom. The van der Waals surface area contributed by atoms with Crippen LogP contribution in [0.25, 0.3) is 22.4 Å². The minimum absolute atomic E-state index is 0.0424. The van der Waals surface area contributed by atoms with Crippen LogP contribution >= 0.6 is 11.3 Å². The van der Waals surface area contributed by atoms with Crippen molar-refractivity contribution in [3.63, 3.8) is 0 Å². The van der Waals surface area contributed by atoms with Gasteiger partial charge in [-0.2, -0.15) is 0 Å². The first-order valence-corrected chi connectivity index (χ1v) is 10.4. The zero-order valence-corrected chi connectivity index (χ0v) is 16.1. The lowest BCUT2D eigenvalue weighted by Crippen LogP contribution is -2.14. The molecule has 0 amide bonds. The van der Waals surface area contributed by atoms with Crippen molar-refractivity contribution in [3.05, 3.63) is 64.0 Å². The van der Waals surface area contributed by atoms with E-state index in [0.717, 1.165) is 5.56 Å². The van der Waals surface area contributed by atoms with Gasteiger partial charge in [-0.25, -0.2) is 18.2 Å². The number of thiazole rings is 1. The third-order valence-electron chi connectivity index (χ3n) is 4.17. The van der Waals surface area contributed by atoms with Crippen molar-refractivity contribution in [3.8, 4) is 11.3 Å². The third-order valence-corrected chi connectivity index (χ3v) is 6.54. The number of aryl methyl sites for hydroxylation is 2. The van der Waals surface area contributed by atoms with Crippen molar-refractivity contribution in [2.24, 2.45) is 7.05 Å². The van der Waals surface area contributed by atoms with E-state index >= 15 is 0 Å². The molecule has 27 heavy (non-hydrogen) atoms. The van der Waals surface area contributed by atoms with E-state index < -0.39 is 15.8 Å². The van der Waals surface area contributed by atoms with Gasteiger partial charge in [-0.3, -0.25) is 9.29 Å². The monoisotopic (exact) mass is 401 g/mol. The normalized spacial score (nSPS) is 11.8. The second-order valence-corrected chi connectivity index (χ2v) is 8.53. The zero-order chi connectivity index (χ0) is 19.2. The highest BCUT2D eigenvalue weighted by molar-refractivity contribution is 7.93. The molecule has 0 unspecified atom stereocenters. The lowest BCUT2D eigenvalue weighted by atomic mass is 10.2. The number of rotatable bonds is 4.